The summed E-state index contributed by atoms with van der Waals surface area (Å²) >= 11 is 2.01. The highest BCUT2D eigenvalue weighted by atomic mass is 32.1. The lowest BCUT2D eigenvalue weighted by Crippen LogP contribution is -2.60. The summed E-state index contributed by atoms with van der Waals surface area (Å²) < 4.78 is 10.0. The zero-order valence-electron chi connectivity index (χ0n) is 45.1. The van der Waals surface area contributed by atoms with Crippen LogP contribution < -0.4 is 20.0 Å². The summed E-state index contributed by atoms with van der Waals surface area (Å²) in [4.78, 5) is 5.45. The summed E-state index contributed by atoms with van der Waals surface area (Å²) in [6, 6.07) is 58.7. The second kappa shape index (κ2) is 15.2. The minimum absolute atomic E-state index is 0.00524. The standard InChI is InChI=1S/C69H65BN2OS/c1-65(2,3)41-26-29-43(30-27-41)72-56-38-52-47(44-22-16-18-24-51(44)69(52,11)12)35-49(56)60-61-57(37-48-45-23-17-19-25-58(45)73-63(48)60)71(55-31-28-42(66(4,5)6)34-46(55)40-20-14-13-15-21-40)62-50-36-53-54(39-59(50)74-64(62)70(61)72)68(9,10)33-32-67(53,7)8/h13-31,34-39H,32-33H2,1-12H3. The van der Waals surface area contributed by atoms with E-state index in [1.54, 1.807) is 0 Å². The van der Waals surface area contributed by atoms with Crippen molar-refractivity contribution in [1.82, 2.24) is 0 Å². The van der Waals surface area contributed by atoms with Crippen LogP contribution in [0.1, 0.15) is 129 Å². The molecular weight excluding hydrogens is 916 g/mol. The molecule has 10 aromatic rings. The molecule has 0 bridgehead atoms. The third kappa shape index (κ3) is 6.38. The fraction of sp³-hybridized carbons (Fsp3) is 0.275. The molecular formula is C69H65BN2OS. The van der Waals surface area contributed by atoms with Crippen molar-refractivity contribution >= 4 is 88.9 Å². The first-order valence-corrected chi connectivity index (χ1v) is 27.8. The van der Waals surface area contributed by atoms with Gasteiger partial charge in [0.15, 0.2) is 0 Å². The number of fused-ring (bicyclic) bond motifs is 14. The van der Waals surface area contributed by atoms with Crippen molar-refractivity contribution in [3.63, 3.8) is 0 Å². The maximum atomic E-state index is 7.32. The van der Waals surface area contributed by atoms with Gasteiger partial charge in [0.1, 0.15) is 11.2 Å². The first kappa shape index (κ1) is 45.8. The number of nitrogens with zero attached hydrogens (tertiary/aromatic N) is 2. The van der Waals surface area contributed by atoms with Crippen molar-refractivity contribution in [2.45, 2.75) is 123 Å². The third-order valence-corrected chi connectivity index (χ3v) is 19.2. The van der Waals surface area contributed by atoms with Crippen molar-refractivity contribution in [2.75, 3.05) is 9.71 Å². The van der Waals surface area contributed by atoms with Gasteiger partial charge in [-0.15, -0.1) is 11.3 Å². The highest BCUT2D eigenvalue weighted by Crippen LogP contribution is 2.59. The van der Waals surface area contributed by atoms with Gasteiger partial charge in [-0.1, -0.05) is 174 Å². The Morgan fingerprint density at radius 2 is 1.18 bits per heavy atom. The first-order chi connectivity index (χ1) is 35.2. The highest BCUT2D eigenvalue weighted by molar-refractivity contribution is 7.32. The Labute approximate surface area is 442 Å². The molecule has 0 spiro atoms. The van der Waals surface area contributed by atoms with Gasteiger partial charge in [0.2, 0.25) is 0 Å². The Kier molecular flexibility index (Phi) is 9.38. The number of benzene rings is 8. The first-order valence-electron chi connectivity index (χ1n) is 27.0. The quantitative estimate of drug-likeness (QED) is 0.165. The molecule has 3 nitrogen and oxygen atoms in total. The molecule has 2 aliphatic heterocycles. The minimum Gasteiger partial charge on any atom is -0.455 e. The van der Waals surface area contributed by atoms with Gasteiger partial charge < -0.3 is 14.1 Å². The smallest absolute Gasteiger partial charge is 0.343 e. The Hall–Kier alpha value is -6.82. The molecule has 2 aliphatic carbocycles. The molecule has 0 fully saturated rings. The molecule has 4 aliphatic rings. The average Bonchev–Trinajstić information content (AvgIpc) is 4.06. The number of thiophene rings is 1. The summed E-state index contributed by atoms with van der Waals surface area (Å²) in [7, 11) is 0. The van der Waals surface area contributed by atoms with Crippen molar-refractivity contribution in [2.24, 2.45) is 0 Å². The normalized spacial score (nSPS) is 16.8. The molecule has 0 saturated carbocycles. The predicted octanol–water partition coefficient (Wildman–Crippen LogP) is 18.4. The molecule has 0 unspecified atom stereocenters. The topological polar surface area (TPSA) is 19.6 Å². The number of rotatable bonds is 3. The van der Waals surface area contributed by atoms with Crippen LogP contribution in [-0.2, 0) is 27.1 Å². The van der Waals surface area contributed by atoms with E-state index in [0.717, 1.165) is 28.4 Å². The van der Waals surface area contributed by atoms with Gasteiger partial charge in [-0.25, -0.2) is 0 Å². The van der Waals surface area contributed by atoms with Crippen LogP contribution in [0.15, 0.2) is 156 Å². The van der Waals surface area contributed by atoms with Crippen LogP contribution in [0.25, 0.3) is 65.4 Å². The molecule has 0 radical (unpaired) electrons. The van der Waals surface area contributed by atoms with Gasteiger partial charge in [-0.05, 0) is 151 Å². The summed E-state index contributed by atoms with van der Waals surface area (Å²) in [5.41, 5.74) is 24.9. The number of hydrogen-bond donors (Lipinski definition) is 0. The van der Waals surface area contributed by atoms with Gasteiger partial charge in [0.25, 0.3) is 0 Å². The van der Waals surface area contributed by atoms with Crippen LogP contribution in [-0.4, -0.2) is 6.85 Å². The minimum atomic E-state index is -0.197. The molecule has 0 atom stereocenters. The van der Waals surface area contributed by atoms with E-state index in [-0.39, 0.29) is 33.9 Å². The molecule has 0 saturated heterocycles. The Balaban J connectivity index is 1.19. The molecule has 14 rings (SSSR count). The summed E-state index contributed by atoms with van der Waals surface area (Å²) in [6.45, 7) is 28.5. The number of para-hydroxylation sites is 1. The van der Waals surface area contributed by atoms with Crippen molar-refractivity contribution in [1.29, 1.82) is 0 Å². The van der Waals surface area contributed by atoms with Crippen molar-refractivity contribution in [3.05, 3.63) is 185 Å². The zero-order chi connectivity index (χ0) is 51.2. The van der Waals surface area contributed by atoms with Gasteiger partial charge in [-0.3, -0.25) is 0 Å². The van der Waals surface area contributed by atoms with E-state index in [1.165, 1.54) is 122 Å². The van der Waals surface area contributed by atoms with E-state index in [2.05, 4.69) is 244 Å². The van der Waals surface area contributed by atoms with Gasteiger partial charge in [-0.2, -0.15) is 0 Å². The van der Waals surface area contributed by atoms with Crippen LogP contribution in [0, 0.1) is 0 Å². The lowest BCUT2D eigenvalue weighted by Gasteiger charge is -2.45. The molecule has 5 heteroatoms. The molecule has 366 valence electrons. The molecule has 0 amide bonds. The SMILES string of the molecule is CC(C)(C)c1ccc(N2B3c4sc5cc6c(cc5c4N(c4ccc(C(C)(C)C)cc4-c4ccccc4)c4cc5c(oc7ccccc75)c(c43)-c3cc4c(cc32)C(C)(C)c2ccccc2-4)C(C)(C)CCC6(C)C)cc1. The lowest BCUT2D eigenvalue weighted by molar-refractivity contribution is 0.332. The van der Waals surface area contributed by atoms with E-state index in [4.69, 9.17) is 4.42 Å². The van der Waals surface area contributed by atoms with Crippen molar-refractivity contribution < 1.29 is 4.42 Å². The van der Waals surface area contributed by atoms with E-state index in [1.807, 2.05) is 11.3 Å². The fourth-order valence-corrected chi connectivity index (χ4v) is 15.0. The van der Waals surface area contributed by atoms with Gasteiger partial charge >= 0.3 is 6.85 Å². The number of furan rings is 1. The Morgan fingerprint density at radius 1 is 0.514 bits per heavy atom. The Morgan fingerprint density at radius 3 is 1.91 bits per heavy atom. The molecule has 74 heavy (non-hydrogen) atoms. The third-order valence-electron chi connectivity index (χ3n) is 18.0. The van der Waals surface area contributed by atoms with Crippen LogP contribution in [0.2, 0.25) is 0 Å². The zero-order valence-corrected chi connectivity index (χ0v) is 46.0. The van der Waals surface area contributed by atoms with E-state index in [9.17, 15) is 0 Å². The predicted molar refractivity (Wildman–Crippen MR) is 319 cm³/mol. The molecule has 8 aromatic carbocycles. The molecule has 0 N–H and O–H groups in total. The van der Waals surface area contributed by atoms with Crippen LogP contribution in [0.5, 0.6) is 0 Å². The summed E-state index contributed by atoms with van der Waals surface area (Å²) in [6.07, 6.45) is 2.32. The summed E-state index contributed by atoms with van der Waals surface area (Å²) in [5.74, 6) is 0. The van der Waals surface area contributed by atoms with E-state index in [0.29, 0.717) is 0 Å². The second-order valence-electron chi connectivity index (χ2n) is 26.0. The van der Waals surface area contributed by atoms with Crippen LogP contribution in [0.4, 0.5) is 28.4 Å². The lowest BCUT2D eigenvalue weighted by atomic mass is 9.46. The Bertz CT molecular complexity index is 4020. The summed E-state index contributed by atoms with van der Waals surface area (Å²) in [5, 5.41) is 3.61. The maximum absolute atomic E-state index is 7.32. The maximum Gasteiger partial charge on any atom is 0.343 e. The average molecular weight is 981 g/mol. The van der Waals surface area contributed by atoms with Crippen molar-refractivity contribution in [3.8, 4) is 33.4 Å². The van der Waals surface area contributed by atoms with E-state index < -0.39 is 0 Å². The molecule has 4 heterocycles. The van der Waals surface area contributed by atoms with Gasteiger partial charge in [0, 0.05) is 64.8 Å². The largest absolute Gasteiger partial charge is 0.455 e. The van der Waals surface area contributed by atoms with Crippen LogP contribution in [0.3, 0.4) is 0 Å². The molecule has 2 aromatic heterocycles. The monoisotopic (exact) mass is 980 g/mol. The fourth-order valence-electron chi connectivity index (χ4n) is 13.6. The number of anilines is 5. The second-order valence-corrected chi connectivity index (χ2v) is 27.1. The van der Waals surface area contributed by atoms with E-state index >= 15 is 0 Å². The number of hydrogen-bond acceptors (Lipinski definition) is 4. The highest BCUT2D eigenvalue weighted by Gasteiger charge is 2.51. The van der Waals surface area contributed by atoms with Gasteiger partial charge in [0.05, 0.1) is 11.4 Å². The van der Waals surface area contributed by atoms with Crippen LogP contribution >= 0.6 is 11.3 Å².